The van der Waals surface area contributed by atoms with Gasteiger partial charge in [0.25, 0.3) is 11.7 Å². The molecule has 0 radical (unpaired) electrons. The Bertz CT molecular complexity index is 1050. The molecule has 1 atom stereocenters. The second kappa shape index (κ2) is 10.7. The summed E-state index contributed by atoms with van der Waals surface area (Å²) in [7, 11) is 3.06. The molecule has 1 aliphatic heterocycles. The van der Waals surface area contributed by atoms with Crippen molar-refractivity contribution in [2.45, 2.75) is 19.9 Å². The Hall–Kier alpha value is -3.03. The zero-order chi connectivity index (χ0) is 24.1. The van der Waals surface area contributed by atoms with Crippen molar-refractivity contribution in [3.8, 4) is 11.5 Å². The van der Waals surface area contributed by atoms with E-state index in [2.05, 4.69) is 4.90 Å². The van der Waals surface area contributed by atoms with Crippen LogP contribution in [-0.2, 0) is 9.59 Å². The fraction of sp³-hybridized carbons (Fsp3) is 0.360. The molecule has 1 saturated heterocycles. The number of benzene rings is 2. The van der Waals surface area contributed by atoms with Gasteiger partial charge >= 0.3 is 0 Å². The van der Waals surface area contributed by atoms with Crippen LogP contribution < -0.4 is 9.47 Å². The first kappa shape index (κ1) is 24.6. The molecule has 2 aromatic carbocycles. The number of ether oxygens (including phenoxy) is 2. The van der Waals surface area contributed by atoms with Gasteiger partial charge in [0.15, 0.2) is 0 Å². The summed E-state index contributed by atoms with van der Waals surface area (Å²) in [4.78, 5) is 30.0. The third kappa shape index (κ3) is 4.99. The van der Waals surface area contributed by atoms with Crippen LogP contribution in [0, 0.1) is 0 Å². The number of hydrogen-bond acceptors (Lipinski definition) is 6. The first-order valence-corrected chi connectivity index (χ1v) is 11.2. The molecule has 1 amide bonds. The lowest BCUT2D eigenvalue weighted by atomic mass is 9.94. The van der Waals surface area contributed by atoms with Crippen molar-refractivity contribution in [2.24, 2.45) is 0 Å². The molecule has 1 heterocycles. The van der Waals surface area contributed by atoms with Crippen LogP contribution in [0.25, 0.3) is 5.76 Å². The van der Waals surface area contributed by atoms with Crippen LogP contribution >= 0.6 is 11.6 Å². The number of carbonyl (C=O) groups is 2. The molecule has 0 bridgehead atoms. The minimum Gasteiger partial charge on any atom is -0.507 e. The average molecular weight is 473 g/mol. The molecule has 0 spiro atoms. The zero-order valence-corrected chi connectivity index (χ0v) is 20.1. The lowest BCUT2D eigenvalue weighted by Crippen LogP contribution is -2.38. The van der Waals surface area contributed by atoms with Gasteiger partial charge in [-0.25, -0.2) is 0 Å². The van der Waals surface area contributed by atoms with Gasteiger partial charge in [-0.2, -0.15) is 0 Å². The summed E-state index contributed by atoms with van der Waals surface area (Å²) in [5.74, 6) is -0.626. The van der Waals surface area contributed by atoms with Gasteiger partial charge in [0, 0.05) is 29.2 Å². The molecule has 0 unspecified atom stereocenters. The van der Waals surface area contributed by atoms with Crippen LogP contribution in [0.2, 0.25) is 5.02 Å². The Morgan fingerprint density at radius 2 is 1.73 bits per heavy atom. The first-order chi connectivity index (χ1) is 15.9. The lowest BCUT2D eigenvalue weighted by Gasteiger charge is -2.29. The van der Waals surface area contributed by atoms with E-state index in [0.29, 0.717) is 40.7 Å². The number of carbonyl (C=O) groups excluding carboxylic acids is 2. The highest BCUT2D eigenvalue weighted by Crippen LogP contribution is 2.43. The van der Waals surface area contributed by atoms with Crippen molar-refractivity contribution in [3.05, 3.63) is 64.2 Å². The Morgan fingerprint density at radius 1 is 1.06 bits per heavy atom. The average Bonchev–Trinajstić information content (AvgIpc) is 3.09. The molecule has 0 saturated carbocycles. The minimum atomic E-state index is -0.832. The molecule has 1 N–H and O–H groups in total. The first-order valence-electron chi connectivity index (χ1n) is 10.8. The van der Waals surface area contributed by atoms with Crippen molar-refractivity contribution in [2.75, 3.05) is 40.4 Å². The van der Waals surface area contributed by atoms with Gasteiger partial charge in [-0.3, -0.25) is 9.59 Å². The highest BCUT2D eigenvalue weighted by Gasteiger charge is 2.47. The summed E-state index contributed by atoms with van der Waals surface area (Å²) in [5.41, 5.74) is 0.965. The number of likely N-dealkylation sites (tertiary alicyclic amines) is 1. The highest BCUT2D eigenvalue weighted by molar-refractivity contribution is 6.46. The second-order valence-corrected chi connectivity index (χ2v) is 8.07. The fourth-order valence-electron chi connectivity index (χ4n) is 4.04. The summed E-state index contributed by atoms with van der Waals surface area (Å²) in [6.45, 7) is 6.62. The third-order valence-electron chi connectivity index (χ3n) is 5.94. The Labute approximate surface area is 199 Å². The fourth-order valence-corrected chi connectivity index (χ4v) is 4.17. The second-order valence-electron chi connectivity index (χ2n) is 7.63. The number of likely N-dealkylation sites (N-methyl/N-ethyl adjacent to an activating group) is 1. The molecular formula is C25H29ClN2O5. The maximum Gasteiger partial charge on any atom is 0.295 e. The number of ketones is 1. The van der Waals surface area contributed by atoms with Gasteiger partial charge in [-0.1, -0.05) is 25.4 Å². The number of rotatable bonds is 9. The van der Waals surface area contributed by atoms with Crippen LogP contribution in [0.15, 0.2) is 48.0 Å². The molecule has 3 rings (SSSR count). The molecular weight excluding hydrogens is 444 g/mol. The molecule has 2 aromatic rings. The highest BCUT2D eigenvalue weighted by atomic mass is 35.5. The lowest BCUT2D eigenvalue weighted by molar-refractivity contribution is -0.140. The number of aliphatic hydroxyl groups is 1. The van der Waals surface area contributed by atoms with Crippen LogP contribution in [0.5, 0.6) is 11.5 Å². The van der Waals surface area contributed by atoms with Gasteiger partial charge in [0.1, 0.15) is 17.3 Å². The minimum absolute atomic E-state index is 0.00780. The van der Waals surface area contributed by atoms with Gasteiger partial charge in [-0.05, 0) is 55.6 Å². The maximum atomic E-state index is 13.2. The number of halogens is 1. The maximum absolute atomic E-state index is 13.2. The zero-order valence-electron chi connectivity index (χ0n) is 19.3. The molecule has 7 nitrogen and oxygen atoms in total. The van der Waals surface area contributed by atoms with Gasteiger partial charge < -0.3 is 24.4 Å². The number of Topliss-reactive ketones (excluding diaryl/α,β-unsaturated/α-hetero) is 1. The van der Waals surface area contributed by atoms with E-state index in [1.54, 1.807) is 42.5 Å². The quantitative estimate of drug-likeness (QED) is 0.336. The van der Waals surface area contributed by atoms with Crippen molar-refractivity contribution in [1.29, 1.82) is 0 Å². The largest absolute Gasteiger partial charge is 0.507 e. The summed E-state index contributed by atoms with van der Waals surface area (Å²) in [6.07, 6.45) is 0. The topological polar surface area (TPSA) is 79.3 Å². The Balaban J connectivity index is 2.19. The predicted octanol–water partition coefficient (Wildman–Crippen LogP) is 4.12. The van der Waals surface area contributed by atoms with Gasteiger partial charge in [0.2, 0.25) is 0 Å². The van der Waals surface area contributed by atoms with E-state index < -0.39 is 17.7 Å². The van der Waals surface area contributed by atoms with E-state index >= 15 is 0 Å². The van der Waals surface area contributed by atoms with Gasteiger partial charge in [0.05, 0.1) is 25.8 Å². The smallest absolute Gasteiger partial charge is 0.295 e. The van der Waals surface area contributed by atoms with Crippen molar-refractivity contribution >= 4 is 29.1 Å². The predicted molar refractivity (Wildman–Crippen MR) is 128 cm³/mol. The van der Waals surface area contributed by atoms with E-state index in [9.17, 15) is 14.7 Å². The summed E-state index contributed by atoms with van der Waals surface area (Å²) in [5, 5.41) is 11.7. The van der Waals surface area contributed by atoms with E-state index in [0.717, 1.165) is 13.1 Å². The van der Waals surface area contributed by atoms with E-state index in [1.807, 2.05) is 13.8 Å². The molecule has 176 valence electrons. The summed E-state index contributed by atoms with van der Waals surface area (Å²) in [6, 6.07) is 10.8. The Kier molecular flexibility index (Phi) is 8.00. The molecule has 33 heavy (non-hydrogen) atoms. The Morgan fingerprint density at radius 3 is 2.30 bits per heavy atom. The monoisotopic (exact) mass is 472 g/mol. The summed E-state index contributed by atoms with van der Waals surface area (Å²) < 4.78 is 10.9. The van der Waals surface area contributed by atoms with E-state index in [-0.39, 0.29) is 11.3 Å². The molecule has 8 heteroatoms. The van der Waals surface area contributed by atoms with Crippen LogP contribution in [0.1, 0.15) is 31.0 Å². The van der Waals surface area contributed by atoms with Crippen LogP contribution in [0.4, 0.5) is 0 Å². The van der Waals surface area contributed by atoms with Crippen molar-refractivity contribution in [1.82, 2.24) is 9.80 Å². The molecule has 1 aliphatic rings. The van der Waals surface area contributed by atoms with Crippen molar-refractivity contribution in [3.63, 3.8) is 0 Å². The number of methoxy groups -OCH3 is 2. The van der Waals surface area contributed by atoms with Gasteiger partial charge in [-0.15, -0.1) is 0 Å². The SMILES string of the molecule is CCN(CC)CCN1C(=O)C(=O)C(=C(O)c2ccc(Cl)cc2)[C@@H]1c1cc(OC)ccc1OC. The molecule has 0 aromatic heterocycles. The third-order valence-corrected chi connectivity index (χ3v) is 6.19. The molecule has 0 aliphatic carbocycles. The number of nitrogens with zero attached hydrogens (tertiary/aromatic N) is 2. The number of hydrogen-bond donors (Lipinski definition) is 1. The molecule has 1 fully saturated rings. The van der Waals surface area contributed by atoms with E-state index in [1.165, 1.54) is 19.1 Å². The number of amides is 1. The van der Waals surface area contributed by atoms with Crippen LogP contribution in [0.3, 0.4) is 0 Å². The van der Waals surface area contributed by atoms with E-state index in [4.69, 9.17) is 21.1 Å². The summed E-state index contributed by atoms with van der Waals surface area (Å²) >= 11 is 5.98. The van der Waals surface area contributed by atoms with Crippen LogP contribution in [-0.4, -0.2) is 67.0 Å². The normalized spacial score (nSPS) is 17.6. The number of aliphatic hydroxyl groups excluding tert-OH is 1. The van der Waals surface area contributed by atoms with Crippen molar-refractivity contribution < 1.29 is 24.2 Å². The standard InChI is InChI=1S/C25H29ClN2O5/c1-5-27(6-2)13-14-28-22(19-15-18(32-3)11-12-20(19)33-4)21(24(30)25(28)31)23(29)16-7-9-17(26)10-8-16/h7-12,15,22,29H,5-6,13-14H2,1-4H3/t22-/m0/s1.